The molecule has 2 rings (SSSR count). The van der Waals surface area contributed by atoms with Crippen molar-refractivity contribution in [1.82, 2.24) is 4.98 Å². The number of pyridine rings is 1. The van der Waals surface area contributed by atoms with Crippen LogP contribution >= 0.6 is 34.8 Å². The first-order chi connectivity index (χ1) is 8.13. The Hall–Kier alpha value is -0.960. The van der Waals surface area contributed by atoms with E-state index in [0.717, 1.165) is 5.69 Å². The molecule has 0 amide bonds. The second-order valence-corrected chi connectivity index (χ2v) is 4.67. The Morgan fingerprint density at radius 2 is 1.65 bits per heavy atom. The van der Waals surface area contributed by atoms with Gasteiger partial charge in [0.25, 0.3) is 0 Å². The minimum atomic E-state index is 0.317. The summed E-state index contributed by atoms with van der Waals surface area (Å²) in [4.78, 5) is 4.12. The number of nitrogens with zero attached hydrogens (tertiary/aromatic N) is 1. The molecule has 1 heterocycles. The van der Waals surface area contributed by atoms with Crippen molar-refractivity contribution in [3.8, 4) is 5.75 Å². The summed E-state index contributed by atoms with van der Waals surface area (Å²) >= 11 is 17.6. The largest absolute Gasteiger partial charge is 0.487 e. The Morgan fingerprint density at radius 3 is 2.29 bits per heavy atom. The molecule has 88 valence electrons. The molecular weight excluding hydrogens is 280 g/mol. The molecule has 0 spiro atoms. The smallest absolute Gasteiger partial charge is 0.130 e. The monoisotopic (exact) mass is 287 g/mol. The van der Waals surface area contributed by atoms with Gasteiger partial charge in [-0.15, -0.1) is 0 Å². The lowest BCUT2D eigenvalue weighted by Gasteiger charge is -2.06. The van der Waals surface area contributed by atoms with Gasteiger partial charge < -0.3 is 4.74 Å². The number of hydrogen-bond acceptors (Lipinski definition) is 2. The van der Waals surface area contributed by atoms with Crippen LogP contribution in [0.1, 0.15) is 5.69 Å². The maximum Gasteiger partial charge on any atom is 0.130 e. The molecule has 0 N–H and O–H groups in total. The van der Waals surface area contributed by atoms with Gasteiger partial charge in [0.2, 0.25) is 0 Å². The number of halogens is 3. The van der Waals surface area contributed by atoms with Gasteiger partial charge in [-0.1, -0.05) is 34.8 Å². The van der Waals surface area contributed by atoms with Crippen LogP contribution in [0, 0.1) is 0 Å². The Labute approximate surface area is 114 Å². The average Bonchev–Trinajstić information content (AvgIpc) is 2.25. The predicted octanol–water partition coefficient (Wildman–Crippen LogP) is 4.62. The zero-order valence-electron chi connectivity index (χ0n) is 8.66. The topological polar surface area (TPSA) is 22.1 Å². The van der Waals surface area contributed by atoms with Crippen LogP contribution in [-0.2, 0) is 6.61 Å². The fourth-order valence-electron chi connectivity index (χ4n) is 1.30. The minimum absolute atomic E-state index is 0.317. The van der Waals surface area contributed by atoms with E-state index in [4.69, 9.17) is 39.5 Å². The zero-order chi connectivity index (χ0) is 12.3. The first kappa shape index (κ1) is 12.5. The molecule has 0 bridgehead atoms. The predicted molar refractivity (Wildman–Crippen MR) is 70.0 cm³/mol. The number of rotatable bonds is 3. The summed E-state index contributed by atoms with van der Waals surface area (Å²) in [6.07, 6.45) is 1.63. The SMILES string of the molecule is Clc1cc(Cl)cc(OCc2cc(Cl)ccn2)c1. The van der Waals surface area contributed by atoms with Crippen LogP contribution in [0.2, 0.25) is 15.1 Å². The standard InChI is InChI=1S/C12H8Cl3NO/c13-8-1-2-16-11(4-8)7-17-12-5-9(14)3-10(15)6-12/h1-6H,7H2. The molecule has 0 atom stereocenters. The van der Waals surface area contributed by atoms with Crippen molar-refractivity contribution in [2.45, 2.75) is 6.61 Å². The van der Waals surface area contributed by atoms with Gasteiger partial charge >= 0.3 is 0 Å². The van der Waals surface area contributed by atoms with Crippen LogP contribution in [0.5, 0.6) is 5.75 Å². The van der Waals surface area contributed by atoms with Crippen LogP contribution < -0.4 is 4.74 Å². The van der Waals surface area contributed by atoms with Crippen molar-refractivity contribution < 1.29 is 4.74 Å². The van der Waals surface area contributed by atoms with Crippen LogP contribution in [-0.4, -0.2) is 4.98 Å². The molecule has 0 saturated carbocycles. The maximum absolute atomic E-state index is 5.86. The van der Waals surface area contributed by atoms with E-state index >= 15 is 0 Å². The first-order valence-electron chi connectivity index (χ1n) is 4.83. The van der Waals surface area contributed by atoms with E-state index < -0.39 is 0 Å². The van der Waals surface area contributed by atoms with Crippen LogP contribution in [0.15, 0.2) is 36.5 Å². The summed E-state index contributed by atoms with van der Waals surface area (Å²) in [7, 11) is 0. The van der Waals surface area contributed by atoms with Gasteiger partial charge in [0.15, 0.2) is 0 Å². The molecule has 0 aliphatic carbocycles. The summed E-state index contributed by atoms with van der Waals surface area (Å²) in [5.41, 5.74) is 0.744. The lowest BCUT2D eigenvalue weighted by molar-refractivity contribution is 0.301. The highest BCUT2D eigenvalue weighted by Crippen LogP contribution is 2.24. The van der Waals surface area contributed by atoms with Gasteiger partial charge in [-0.3, -0.25) is 4.98 Å². The molecular formula is C12H8Cl3NO. The van der Waals surface area contributed by atoms with E-state index in [1.807, 2.05) is 0 Å². The highest BCUT2D eigenvalue weighted by molar-refractivity contribution is 6.34. The normalized spacial score (nSPS) is 10.3. The highest BCUT2D eigenvalue weighted by Gasteiger charge is 2.01. The molecule has 5 heteroatoms. The van der Waals surface area contributed by atoms with Gasteiger partial charge in [0, 0.05) is 21.3 Å². The quantitative estimate of drug-likeness (QED) is 0.822. The van der Waals surface area contributed by atoms with Gasteiger partial charge in [-0.2, -0.15) is 0 Å². The summed E-state index contributed by atoms with van der Waals surface area (Å²) in [5.74, 6) is 0.601. The molecule has 17 heavy (non-hydrogen) atoms. The van der Waals surface area contributed by atoms with Crippen LogP contribution in [0.25, 0.3) is 0 Å². The van der Waals surface area contributed by atoms with Crippen LogP contribution in [0.4, 0.5) is 0 Å². The van der Waals surface area contributed by atoms with E-state index in [9.17, 15) is 0 Å². The second-order valence-electron chi connectivity index (χ2n) is 3.36. The molecule has 0 fully saturated rings. The highest BCUT2D eigenvalue weighted by atomic mass is 35.5. The third-order valence-electron chi connectivity index (χ3n) is 2.00. The second kappa shape index (κ2) is 5.58. The van der Waals surface area contributed by atoms with E-state index in [-0.39, 0.29) is 0 Å². The molecule has 0 aliphatic heterocycles. The Morgan fingerprint density at radius 1 is 0.941 bits per heavy atom. The molecule has 2 aromatic rings. The molecule has 0 radical (unpaired) electrons. The summed E-state index contributed by atoms with van der Waals surface area (Å²) in [5, 5.41) is 1.70. The van der Waals surface area contributed by atoms with Gasteiger partial charge in [-0.05, 0) is 30.3 Å². The van der Waals surface area contributed by atoms with Crippen LogP contribution in [0.3, 0.4) is 0 Å². The molecule has 1 aromatic heterocycles. The van der Waals surface area contributed by atoms with Gasteiger partial charge in [0.1, 0.15) is 12.4 Å². The zero-order valence-corrected chi connectivity index (χ0v) is 10.9. The average molecular weight is 289 g/mol. The Balaban J connectivity index is 2.07. The third kappa shape index (κ3) is 3.77. The van der Waals surface area contributed by atoms with Gasteiger partial charge in [0.05, 0.1) is 5.69 Å². The maximum atomic E-state index is 5.86. The number of aromatic nitrogens is 1. The molecule has 0 aliphatic rings. The van der Waals surface area contributed by atoms with Crippen molar-refractivity contribution in [1.29, 1.82) is 0 Å². The van der Waals surface area contributed by atoms with E-state index in [1.54, 1.807) is 36.5 Å². The minimum Gasteiger partial charge on any atom is -0.487 e. The van der Waals surface area contributed by atoms with E-state index in [2.05, 4.69) is 4.98 Å². The fraction of sp³-hybridized carbons (Fsp3) is 0.0833. The van der Waals surface area contributed by atoms with E-state index in [1.165, 1.54) is 0 Å². The number of benzene rings is 1. The summed E-state index contributed by atoms with van der Waals surface area (Å²) in [6.45, 7) is 0.317. The summed E-state index contributed by atoms with van der Waals surface area (Å²) in [6, 6.07) is 8.48. The Bertz CT molecular complexity index is 511. The number of hydrogen-bond donors (Lipinski definition) is 0. The molecule has 2 nitrogen and oxygen atoms in total. The van der Waals surface area contributed by atoms with Crippen molar-refractivity contribution >= 4 is 34.8 Å². The van der Waals surface area contributed by atoms with Crippen molar-refractivity contribution in [3.05, 3.63) is 57.3 Å². The number of ether oxygens (including phenoxy) is 1. The van der Waals surface area contributed by atoms with Gasteiger partial charge in [-0.25, -0.2) is 0 Å². The fourth-order valence-corrected chi connectivity index (χ4v) is 1.99. The van der Waals surface area contributed by atoms with Crippen molar-refractivity contribution in [2.24, 2.45) is 0 Å². The third-order valence-corrected chi connectivity index (χ3v) is 2.67. The molecule has 1 aromatic carbocycles. The molecule has 0 unspecified atom stereocenters. The lowest BCUT2D eigenvalue weighted by atomic mass is 10.3. The first-order valence-corrected chi connectivity index (χ1v) is 5.96. The lowest BCUT2D eigenvalue weighted by Crippen LogP contribution is -1.97. The molecule has 0 saturated heterocycles. The van der Waals surface area contributed by atoms with Crippen molar-refractivity contribution in [2.75, 3.05) is 0 Å². The van der Waals surface area contributed by atoms with Crippen molar-refractivity contribution in [3.63, 3.8) is 0 Å². The van der Waals surface area contributed by atoms with E-state index in [0.29, 0.717) is 27.4 Å². The Kier molecular flexibility index (Phi) is 4.11. The summed E-state index contributed by atoms with van der Waals surface area (Å²) < 4.78 is 5.52.